The van der Waals surface area contributed by atoms with Crippen LogP contribution < -0.4 is 4.74 Å². The van der Waals surface area contributed by atoms with E-state index in [1.165, 1.54) is 7.11 Å². The Morgan fingerprint density at radius 2 is 2.25 bits per heavy atom. The first kappa shape index (κ1) is 14.2. The lowest BCUT2D eigenvalue weighted by molar-refractivity contribution is 0.0988. The number of carbonyl (C=O) groups excluding carboxylic acids is 1. The van der Waals surface area contributed by atoms with E-state index in [1.54, 1.807) is 18.5 Å². The zero-order valence-electron chi connectivity index (χ0n) is 12.0. The summed E-state index contributed by atoms with van der Waals surface area (Å²) in [7, 11) is 1.53. The van der Waals surface area contributed by atoms with E-state index in [0.717, 1.165) is 12.1 Å². The van der Waals surface area contributed by atoms with Crippen LogP contribution in [0.1, 0.15) is 42.4 Å². The number of hydrogen-bond acceptors (Lipinski definition) is 4. The third-order valence-corrected chi connectivity index (χ3v) is 3.35. The van der Waals surface area contributed by atoms with Crippen LogP contribution in [0.4, 0.5) is 0 Å². The molecule has 5 nitrogen and oxygen atoms in total. The molecule has 2 aromatic rings. The summed E-state index contributed by atoms with van der Waals surface area (Å²) in [5.74, 6) is 0.484. The lowest BCUT2D eigenvalue weighted by Crippen LogP contribution is -2.09. The molecule has 0 saturated heterocycles. The van der Waals surface area contributed by atoms with Crippen molar-refractivity contribution in [2.24, 2.45) is 0 Å². The molecule has 2 heterocycles. The van der Waals surface area contributed by atoms with Gasteiger partial charge in [0.25, 0.3) is 0 Å². The van der Waals surface area contributed by atoms with Gasteiger partial charge in [0.2, 0.25) is 0 Å². The molecule has 1 unspecified atom stereocenters. The monoisotopic (exact) mass is 273 g/mol. The fourth-order valence-electron chi connectivity index (χ4n) is 1.94. The van der Waals surface area contributed by atoms with Gasteiger partial charge in [0, 0.05) is 18.4 Å². The molecule has 0 aliphatic rings. The highest BCUT2D eigenvalue weighted by atomic mass is 16.5. The van der Waals surface area contributed by atoms with Gasteiger partial charge in [0.15, 0.2) is 5.78 Å². The van der Waals surface area contributed by atoms with E-state index in [4.69, 9.17) is 4.74 Å². The Morgan fingerprint density at radius 3 is 2.95 bits per heavy atom. The molecular weight excluding hydrogens is 254 g/mol. The number of carbonyl (C=O) groups is 1. The molecule has 5 heteroatoms. The number of Topliss-reactive ketones (excluding diaryl/α,β-unsaturated/α-hetero) is 1. The molecule has 0 amide bonds. The maximum atomic E-state index is 12.3. The quantitative estimate of drug-likeness (QED) is 0.759. The van der Waals surface area contributed by atoms with Crippen molar-refractivity contribution in [3.05, 3.63) is 42.0 Å². The fraction of sp³-hybridized carbons (Fsp3) is 0.400. The summed E-state index contributed by atoms with van der Waals surface area (Å²) in [5, 5.41) is 4.44. The van der Waals surface area contributed by atoms with Crippen LogP contribution in [0.2, 0.25) is 0 Å². The van der Waals surface area contributed by atoms with E-state index in [-0.39, 0.29) is 12.2 Å². The number of pyridine rings is 1. The number of rotatable bonds is 6. The van der Waals surface area contributed by atoms with Gasteiger partial charge < -0.3 is 4.74 Å². The minimum absolute atomic E-state index is 0.0151. The Labute approximate surface area is 118 Å². The Hall–Kier alpha value is -2.17. The molecule has 0 aliphatic carbocycles. The second kappa shape index (κ2) is 6.32. The second-order valence-corrected chi connectivity index (χ2v) is 4.72. The Morgan fingerprint density at radius 1 is 1.45 bits per heavy atom. The van der Waals surface area contributed by atoms with Crippen LogP contribution in [0, 0.1) is 0 Å². The molecule has 0 aliphatic heterocycles. The highest BCUT2D eigenvalue weighted by molar-refractivity contribution is 5.99. The van der Waals surface area contributed by atoms with Crippen LogP contribution in [0.15, 0.2) is 30.7 Å². The third kappa shape index (κ3) is 3.04. The molecule has 0 saturated carbocycles. The lowest BCUT2D eigenvalue weighted by atomic mass is 10.1. The van der Waals surface area contributed by atoms with Gasteiger partial charge >= 0.3 is 0 Å². The number of hydrogen-bond donors (Lipinski definition) is 0. The Balaban J connectivity index is 2.13. The summed E-state index contributed by atoms with van der Waals surface area (Å²) in [6.45, 7) is 4.21. The number of methoxy groups -OCH3 is 1. The molecule has 2 aromatic heterocycles. The van der Waals surface area contributed by atoms with E-state index in [1.807, 2.05) is 16.9 Å². The molecular formula is C15H19N3O2. The van der Waals surface area contributed by atoms with Crippen LogP contribution in [0.3, 0.4) is 0 Å². The number of ether oxygens (including phenoxy) is 1. The maximum Gasteiger partial charge on any atom is 0.172 e. The van der Waals surface area contributed by atoms with Crippen molar-refractivity contribution >= 4 is 5.78 Å². The molecule has 106 valence electrons. The maximum absolute atomic E-state index is 12.3. The van der Waals surface area contributed by atoms with Gasteiger partial charge in [-0.15, -0.1) is 0 Å². The van der Waals surface area contributed by atoms with Gasteiger partial charge in [0.05, 0.1) is 31.0 Å². The van der Waals surface area contributed by atoms with Gasteiger partial charge in [-0.25, -0.2) is 0 Å². The van der Waals surface area contributed by atoms with Crippen molar-refractivity contribution in [1.82, 2.24) is 14.8 Å². The summed E-state index contributed by atoms with van der Waals surface area (Å²) in [5.41, 5.74) is 1.31. The molecule has 0 spiro atoms. The van der Waals surface area contributed by atoms with Crippen molar-refractivity contribution in [1.29, 1.82) is 0 Å². The van der Waals surface area contributed by atoms with E-state index in [0.29, 0.717) is 17.4 Å². The van der Waals surface area contributed by atoms with Crippen molar-refractivity contribution < 1.29 is 9.53 Å². The summed E-state index contributed by atoms with van der Waals surface area (Å²) in [6.07, 6.45) is 6.33. The predicted molar refractivity (Wildman–Crippen MR) is 76.1 cm³/mol. The summed E-state index contributed by atoms with van der Waals surface area (Å²) < 4.78 is 7.05. The highest BCUT2D eigenvalue weighted by Crippen LogP contribution is 2.18. The van der Waals surface area contributed by atoms with E-state index in [9.17, 15) is 4.79 Å². The van der Waals surface area contributed by atoms with Crippen molar-refractivity contribution in [2.75, 3.05) is 7.11 Å². The summed E-state index contributed by atoms with van der Waals surface area (Å²) >= 11 is 0. The first-order valence-corrected chi connectivity index (χ1v) is 6.71. The molecule has 2 rings (SSSR count). The average molecular weight is 273 g/mol. The van der Waals surface area contributed by atoms with Gasteiger partial charge in [0.1, 0.15) is 5.75 Å². The van der Waals surface area contributed by atoms with Gasteiger partial charge in [-0.1, -0.05) is 6.92 Å². The van der Waals surface area contributed by atoms with Crippen molar-refractivity contribution in [3.63, 3.8) is 0 Å². The zero-order valence-corrected chi connectivity index (χ0v) is 12.0. The largest absolute Gasteiger partial charge is 0.494 e. The molecule has 0 radical (unpaired) electrons. The smallest absolute Gasteiger partial charge is 0.172 e. The minimum Gasteiger partial charge on any atom is -0.494 e. The van der Waals surface area contributed by atoms with Gasteiger partial charge in [-0.2, -0.15) is 5.10 Å². The molecule has 0 fully saturated rings. The number of nitrogens with zero attached hydrogens (tertiary/aromatic N) is 3. The first-order valence-electron chi connectivity index (χ1n) is 6.71. The van der Waals surface area contributed by atoms with Crippen molar-refractivity contribution in [3.8, 4) is 5.75 Å². The zero-order chi connectivity index (χ0) is 14.5. The topological polar surface area (TPSA) is 57.0 Å². The Bertz CT molecular complexity index is 592. The van der Waals surface area contributed by atoms with Gasteiger partial charge in [-0.05, 0) is 25.5 Å². The first-order chi connectivity index (χ1) is 9.65. The third-order valence-electron chi connectivity index (χ3n) is 3.35. The number of aromatic nitrogens is 3. The molecule has 20 heavy (non-hydrogen) atoms. The normalized spacial score (nSPS) is 12.2. The van der Waals surface area contributed by atoms with Crippen LogP contribution >= 0.6 is 0 Å². The van der Waals surface area contributed by atoms with Crippen molar-refractivity contribution in [2.45, 2.75) is 32.7 Å². The molecule has 0 N–H and O–H groups in total. The predicted octanol–water partition coefficient (Wildman–Crippen LogP) is 2.68. The van der Waals surface area contributed by atoms with Crippen LogP contribution in [-0.2, 0) is 6.42 Å². The molecule has 1 atom stereocenters. The SMILES string of the molecule is CCC(C)n1ccc(CC(=O)c2ccncc2OC)n1. The Kier molecular flexibility index (Phi) is 4.50. The highest BCUT2D eigenvalue weighted by Gasteiger charge is 2.14. The second-order valence-electron chi connectivity index (χ2n) is 4.72. The van der Waals surface area contributed by atoms with E-state index < -0.39 is 0 Å². The molecule has 0 bridgehead atoms. The number of ketones is 1. The van der Waals surface area contributed by atoms with E-state index in [2.05, 4.69) is 23.9 Å². The van der Waals surface area contributed by atoms with Crippen LogP contribution in [-0.4, -0.2) is 27.7 Å². The fourth-order valence-corrected chi connectivity index (χ4v) is 1.94. The average Bonchev–Trinajstić information content (AvgIpc) is 2.94. The standard InChI is InChI=1S/C15H19N3O2/c1-4-11(2)18-8-6-12(17-18)9-14(19)13-5-7-16-10-15(13)20-3/h5-8,10-11H,4,9H2,1-3H3. The summed E-state index contributed by atoms with van der Waals surface area (Å²) in [4.78, 5) is 16.2. The summed E-state index contributed by atoms with van der Waals surface area (Å²) in [6, 6.07) is 3.90. The van der Waals surface area contributed by atoms with Gasteiger partial charge in [-0.3, -0.25) is 14.5 Å². The lowest BCUT2D eigenvalue weighted by Gasteiger charge is -2.08. The minimum atomic E-state index is -0.0151. The van der Waals surface area contributed by atoms with E-state index >= 15 is 0 Å². The van der Waals surface area contributed by atoms with Crippen LogP contribution in [0.25, 0.3) is 0 Å². The molecule has 0 aromatic carbocycles. The van der Waals surface area contributed by atoms with Crippen LogP contribution in [0.5, 0.6) is 5.75 Å².